The molecule has 0 radical (unpaired) electrons. The van der Waals surface area contributed by atoms with Crippen molar-refractivity contribution in [3.05, 3.63) is 76.1 Å². The topological polar surface area (TPSA) is 12.0 Å². The minimum atomic E-state index is 0.802. The molecular weight excluding hydrogens is 298 g/mol. The zero-order chi connectivity index (χ0) is 14.7. The third-order valence-corrected chi connectivity index (χ3v) is 4.90. The molecule has 1 heterocycles. The molecule has 0 atom stereocenters. The first-order chi connectivity index (χ1) is 10.2. The van der Waals surface area contributed by atoms with E-state index in [9.17, 15) is 0 Å². The molecule has 3 heteroatoms. The molecule has 3 aromatic rings. The van der Waals surface area contributed by atoms with Crippen LogP contribution in [0.2, 0.25) is 5.02 Å². The van der Waals surface area contributed by atoms with Gasteiger partial charge >= 0.3 is 0 Å². The monoisotopic (exact) mass is 313 g/mol. The standard InChI is InChI=1S/C18H16ClNS/c1-13-7-8-15(11-17(13)19)20-12-16-9-10-18(21-16)14-5-3-2-4-6-14/h2-11,20H,12H2,1H3. The molecule has 21 heavy (non-hydrogen) atoms. The first-order valence-corrected chi connectivity index (χ1v) is 8.06. The van der Waals surface area contributed by atoms with Crippen molar-refractivity contribution < 1.29 is 0 Å². The van der Waals surface area contributed by atoms with E-state index in [1.54, 1.807) is 0 Å². The van der Waals surface area contributed by atoms with E-state index < -0.39 is 0 Å². The lowest BCUT2D eigenvalue weighted by molar-refractivity contribution is 1.19. The van der Waals surface area contributed by atoms with E-state index in [1.807, 2.05) is 36.5 Å². The number of rotatable bonds is 4. The Kier molecular flexibility index (Phi) is 4.28. The van der Waals surface area contributed by atoms with Gasteiger partial charge in [0.2, 0.25) is 0 Å². The normalized spacial score (nSPS) is 10.6. The summed E-state index contributed by atoms with van der Waals surface area (Å²) in [6.45, 7) is 2.83. The summed E-state index contributed by atoms with van der Waals surface area (Å²) in [6.07, 6.45) is 0. The van der Waals surface area contributed by atoms with Crippen LogP contribution in [-0.4, -0.2) is 0 Å². The lowest BCUT2D eigenvalue weighted by Crippen LogP contribution is -1.97. The Morgan fingerprint density at radius 2 is 1.81 bits per heavy atom. The molecule has 1 aromatic heterocycles. The van der Waals surface area contributed by atoms with Crippen LogP contribution < -0.4 is 5.32 Å². The Morgan fingerprint density at radius 3 is 2.57 bits per heavy atom. The van der Waals surface area contributed by atoms with Gasteiger partial charge in [-0.3, -0.25) is 0 Å². The minimum Gasteiger partial charge on any atom is -0.380 e. The molecule has 0 unspecified atom stereocenters. The number of hydrogen-bond acceptors (Lipinski definition) is 2. The van der Waals surface area contributed by atoms with Gasteiger partial charge in [0.1, 0.15) is 0 Å². The second-order valence-electron chi connectivity index (χ2n) is 4.95. The van der Waals surface area contributed by atoms with Crippen LogP contribution in [0.4, 0.5) is 5.69 Å². The fourth-order valence-electron chi connectivity index (χ4n) is 2.12. The van der Waals surface area contributed by atoms with Crippen LogP contribution in [0.25, 0.3) is 10.4 Å². The fourth-order valence-corrected chi connectivity index (χ4v) is 3.26. The van der Waals surface area contributed by atoms with Gasteiger partial charge in [-0.15, -0.1) is 11.3 Å². The zero-order valence-corrected chi connectivity index (χ0v) is 13.3. The molecular formula is C18H16ClNS. The summed E-state index contributed by atoms with van der Waals surface area (Å²) in [4.78, 5) is 2.61. The van der Waals surface area contributed by atoms with Crippen LogP contribution in [0, 0.1) is 6.92 Å². The summed E-state index contributed by atoms with van der Waals surface area (Å²) in [5.74, 6) is 0. The van der Waals surface area contributed by atoms with Crippen molar-refractivity contribution in [2.75, 3.05) is 5.32 Å². The highest BCUT2D eigenvalue weighted by molar-refractivity contribution is 7.15. The molecule has 0 aliphatic heterocycles. The molecule has 0 saturated carbocycles. The van der Waals surface area contributed by atoms with Gasteiger partial charge < -0.3 is 5.32 Å². The molecule has 1 N–H and O–H groups in total. The van der Waals surface area contributed by atoms with Gasteiger partial charge in [0, 0.05) is 27.0 Å². The van der Waals surface area contributed by atoms with Gasteiger partial charge in [-0.2, -0.15) is 0 Å². The molecule has 0 aliphatic rings. The molecule has 0 saturated heterocycles. The van der Waals surface area contributed by atoms with E-state index in [2.05, 4.69) is 47.8 Å². The van der Waals surface area contributed by atoms with Gasteiger partial charge in [0.05, 0.1) is 0 Å². The largest absolute Gasteiger partial charge is 0.380 e. The van der Waals surface area contributed by atoms with Gasteiger partial charge in [-0.25, -0.2) is 0 Å². The molecule has 0 bridgehead atoms. The molecule has 0 fully saturated rings. The van der Waals surface area contributed by atoms with Crippen LogP contribution in [0.3, 0.4) is 0 Å². The first-order valence-electron chi connectivity index (χ1n) is 6.86. The Labute approximate surface area is 134 Å². The van der Waals surface area contributed by atoms with Crippen molar-refractivity contribution in [2.24, 2.45) is 0 Å². The first kappa shape index (κ1) is 14.2. The van der Waals surface area contributed by atoms with Crippen molar-refractivity contribution in [1.82, 2.24) is 0 Å². The summed E-state index contributed by atoms with van der Waals surface area (Å²) in [5, 5.41) is 4.22. The average Bonchev–Trinajstić information content (AvgIpc) is 2.98. The van der Waals surface area contributed by atoms with E-state index in [0.717, 1.165) is 22.8 Å². The SMILES string of the molecule is Cc1ccc(NCc2ccc(-c3ccccc3)s2)cc1Cl. The van der Waals surface area contributed by atoms with E-state index in [0.29, 0.717) is 0 Å². The molecule has 1 nitrogen and oxygen atoms in total. The minimum absolute atomic E-state index is 0.802. The average molecular weight is 314 g/mol. The van der Waals surface area contributed by atoms with Crippen molar-refractivity contribution in [3.8, 4) is 10.4 Å². The smallest absolute Gasteiger partial charge is 0.0494 e. The van der Waals surface area contributed by atoms with Crippen LogP contribution in [0.5, 0.6) is 0 Å². The Hall–Kier alpha value is -1.77. The summed E-state index contributed by atoms with van der Waals surface area (Å²) >= 11 is 7.96. The molecule has 2 aromatic carbocycles. The molecule has 3 rings (SSSR count). The quantitative estimate of drug-likeness (QED) is 0.624. The Balaban J connectivity index is 1.69. The highest BCUT2D eigenvalue weighted by Crippen LogP contribution is 2.28. The van der Waals surface area contributed by atoms with E-state index >= 15 is 0 Å². The van der Waals surface area contributed by atoms with Crippen LogP contribution in [0.15, 0.2) is 60.7 Å². The Morgan fingerprint density at radius 1 is 1.00 bits per heavy atom. The second kappa shape index (κ2) is 6.33. The lowest BCUT2D eigenvalue weighted by atomic mass is 10.2. The predicted molar refractivity (Wildman–Crippen MR) is 93.3 cm³/mol. The van der Waals surface area contributed by atoms with E-state index in [-0.39, 0.29) is 0 Å². The van der Waals surface area contributed by atoms with Crippen molar-refractivity contribution in [1.29, 1.82) is 0 Å². The number of halogens is 1. The van der Waals surface area contributed by atoms with Gasteiger partial charge in [0.25, 0.3) is 0 Å². The highest BCUT2D eigenvalue weighted by atomic mass is 35.5. The maximum absolute atomic E-state index is 6.14. The number of anilines is 1. The number of thiophene rings is 1. The number of aryl methyl sites for hydroxylation is 1. The highest BCUT2D eigenvalue weighted by Gasteiger charge is 2.03. The van der Waals surface area contributed by atoms with Crippen molar-refractivity contribution in [3.63, 3.8) is 0 Å². The molecule has 0 aliphatic carbocycles. The number of nitrogens with one attached hydrogen (secondary N) is 1. The molecule has 106 valence electrons. The van der Waals surface area contributed by atoms with Crippen LogP contribution in [-0.2, 0) is 6.54 Å². The molecule has 0 amide bonds. The maximum atomic E-state index is 6.14. The third-order valence-electron chi connectivity index (χ3n) is 3.36. The summed E-state index contributed by atoms with van der Waals surface area (Å²) in [7, 11) is 0. The summed E-state index contributed by atoms with van der Waals surface area (Å²) in [6, 6.07) is 20.9. The van der Waals surface area contributed by atoms with Gasteiger partial charge in [-0.05, 0) is 42.3 Å². The van der Waals surface area contributed by atoms with Crippen molar-refractivity contribution >= 4 is 28.6 Å². The Bertz CT molecular complexity index is 734. The van der Waals surface area contributed by atoms with Crippen LogP contribution in [0.1, 0.15) is 10.4 Å². The summed E-state index contributed by atoms with van der Waals surface area (Å²) < 4.78 is 0. The number of hydrogen-bond donors (Lipinski definition) is 1. The van der Waals surface area contributed by atoms with Gasteiger partial charge in [-0.1, -0.05) is 48.0 Å². The third kappa shape index (κ3) is 3.46. The second-order valence-corrected chi connectivity index (χ2v) is 6.53. The maximum Gasteiger partial charge on any atom is 0.0494 e. The van der Waals surface area contributed by atoms with Gasteiger partial charge in [0.15, 0.2) is 0 Å². The van der Waals surface area contributed by atoms with E-state index in [1.165, 1.54) is 15.3 Å². The van der Waals surface area contributed by atoms with Crippen molar-refractivity contribution in [2.45, 2.75) is 13.5 Å². The fraction of sp³-hybridized carbons (Fsp3) is 0.111. The lowest BCUT2D eigenvalue weighted by Gasteiger charge is -2.06. The predicted octanol–water partition coefficient (Wildman–Crippen LogP) is 5.99. The summed E-state index contributed by atoms with van der Waals surface area (Å²) in [5.41, 5.74) is 3.43. The molecule has 0 spiro atoms. The van der Waals surface area contributed by atoms with Crippen LogP contribution >= 0.6 is 22.9 Å². The van der Waals surface area contributed by atoms with E-state index in [4.69, 9.17) is 11.6 Å². The zero-order valence-electron chi connectivity index (χ0n) is 11.8. The number of benzene rings is 2.